The molecule has 0 spiro atoms. The van der Waals surface area contributed by atoms with Crippen LogP contribution < -0.4 is 10.6 Å². The summed E-state index contributed by atoms with van der Waals surface area (Å²) < 4.78 is 5.20. The number of nitrogens with zero attached hydrogens (tertiary/aromatic N) is 3. The monoisotopic (exact) mass is 503 g/mol. The fourth-order valence-electron chi connectivity index (χ4n) is 3.78. The molecule has 2 aromatic rings. The molecule has 0 aliphatic carbocycles. The summed E-state index contributed by atoms with van der Waals surface area (Å²) in [7, 11) is 1.61. The van der Waals surface area contributed by atoms with Crippen molar-refractivity contribution in [2.24, 2.45) is 0 Å². The molecule has 0 bridgehead atoms. The van der Waals surface area contributed by atoms with E-state index in [1.165, 1.54) is 11.3 Å². The van der Waals surface area contributed by atoms with E-state index in [-0.39, 0.29) is 18.0 Å². The number of aromatic nitrogens is 1. The summed E-state index contributed by atoms with van der Waals surface area (Å²) in [5.41, 5.74) is 2.27. The van der Waals surface area contributed by atoms with E-state index in [4.69, 9.17) is 4.74 Å². The van der Waals surface area contributed by atoms with E-state index in [0.29, 0.717) is 30.4 Å². The molecule has 3 amide bonds. The van der Waals surface area contributed by atoms with E-state index >= 15 is 0 Å². The molecule has 9 heteroatoms. The summed E-state index contributed by atoms with van der Waals surface area (Å²) >= 11 is 1.38. The Bertz CT molecular complexity index is 916. The number of ether oxygens (including phenoxy) is 1. The zero-order valence-electron chi connectivity index (χ0n) is 21.8. The Morgan fingerprint density at radius 3 is 2.57 bits per heavy atom. The van der Waals surface area contributed by atoms with E-state index in [1.54, 1.807) is 17.4 Å². The van der Waals surface area contributed by atoms with Gasteiger partial charge in [0.15, 0.2) is 0 Å². The molecule has 0 saturated carbocycles. The second-order valence-electron chi connectivity index (χ2n) is 8.53. The minimum Gasteiger partial charge on any atom is -0.383 e. The highest BCUT2D eigenvalue weighted by atomic mass is 32.1. The minimum atomic E-state index is -0.217. The van der Waals surface area contributed by atoms with Gasteiger partial charge in [-0.1, -0.05) is 39.0 Å². The molecular formula is C26H41N5O3S. The molecular weight excluding hydrogens is 462 g/mol. The Balaban J connectivity index is 1.95. The zero-order valence-corrected chi connectivity index (χ0v) is 22.6. The predicted octanol–water partition coefficient (Wildman–Crippen LogP) is 4.63. The quantitative estimate of drug-likeness (QED) is 0.370. The lowest BCUT2D eigenvalue weighted by molar-refractivity contribution is 0.0932. The van der Waals surface area contributed by atoms with Gasteiger partial charge in [0.2, 0.25) is 0 Å². The first-order valence-electron chi connectivity index (χ1n) is 12.5. The van der Waals surface area contributed by atoms with Gasteiger partial charge < -0.3 is 25.2 Å². The summed E-state index contributed by atoms with van der Waals surface area (Å²) in [6, 6.07) is 7.64. The van der Waals surface area contributed by atoms with Gasteiger partial charge in [-0.05, 0) is 57.5 Å². The fraction of sp³-hybridized carbons (Fsp3) is 0.577. The molecule has 0 fully saturated rings. The Morgan fingerprint density at radius 2 is 1.89 bits per heavy atom. The van der Waals surface area contributed by atoms with Crippen molar-refractivity contribution >= 4 is 29.0 Å². The highest BCUT2D eigenvalue weighted by molar-refractivity contribution is 7.09. The Labute approximate surface area is 214 Å². The van der Waals surface area contributed by atoms with Gasteiger partial charge in [0.25, 0.3) is 5.91 Å². The number of benzene rings is 1. The zero-order chi connectivity index (χ0) is 25.6. The number of carbonyl (C=O) groups excluding carboxylic acids is 2. The number of thiazole rings is 1. The molecule has 1 aromatic heterocycles. The molecule has 0 saturated heterocycles. The van der Waals surface area contributed by atoms with E-state index in [9.17, 15) is 9.59 Å². The molecule has 0 aliphatic rings. The van der Waals surface area contributed by atoms with Gasteiger partial charge in [-0.25, -0.2) is 9.78 Å². The van der Waals surface area contributed by atoms with Crippen molar-refractivity contribution in [1.82, 2.24) is 20.1 Å². The first-order valence-corrected chi connectivity index (χ1v) is 13.4. The van der Waals surface area contributed by atoms with Crippen LogP contribution in [-0.4, -0.2) is 72.7 Å². The van der Waals surface area contributed by atoms with E-state index in [0.717, 1.165) is 50.1 Å². The second-order valence-corrected chi connectivity index (χ2v) is 9.47. The van der Waals surface area contributed by atoms with Crippen molar-refractivity contribution in [3.63, 3.8) is 0 Å². The van der Waals surface area contributed by atoms with Gasteiger partial charge in [0, 0.05) is 30.8 Å². The van der Waals surface area contributed by atoms with Gasteiger partial charge in [-0.3, -0.25) is 4.79 Å². The average Bonchev–Trinajstić information content (AvgIpc) is 3.33. The molecule has 1 atom stereocenters. The topological polar surface area (TPSA) is 86.8 Å². The number of carbonyl (C=O) groups is 2. The van der Waals surface area contributed by atoms with Crippen LogP contribution in [0, 0.1) is 0 Å². The van der Waals surface area contributed by atoms with Gasteiger partial charge >= 0.3 is 6.03 Å². The number of urea groups is 1. The van der Waals surface area contributed by atoms with Crippen molar-refractivity contribution < 1.29 is 14.3 Å². The van der Waals surface area contributed by atoms with Crippen molar-refractivity contribution in [2.45, 2.75) is 59.5 Å². The summed E-state index contributed by atoms with van der Waals surface area (Å²) in [4.78, 5) is 34.3. The molecule has 1 heterocycles. The third kappa shape index (κ3) is 9.58. The first kappa shape index (κ1) is 28.7. The molecule has 8 nitrogen and oxygen atoms in total. The second kappa shape index (κ2) is 15.5. The summed E-state index contributed by atoms with van der Waals surface area (Å²) in [6.07, 6.45) is 2.78. The van der Waals surface area contributed by atoms with Gasteiger partial charge in [0.05, 0.1) is 13.2 Å². The summed E-state index contributed by atoms with van der Waals surface area (Å²) in [5.74, 6) is -0.174. The smallest absolute Gasteiger partial charge is 0.322 e. The van der Waals surface area contributed by atoms with Crippen LogP contribution in [0.1, 0.15) is 61.6 Å². The normalized spacial score (nSPS) is 11.9. The first-order chi connectivity index (χ1) is 16.9. The van der Waals surface area contributed by atoms with Crippen LogP contribution in [0.5, 0.6) is 0 Å². The van der Waals surface area contributed by atoms with E-state index in [1.807, 2.05) is 31.2 Å². The van der Waals surface area contributed by atoms with Crippen LogP contribution in [0.15, 0.2) is 29.6 Å². The maximum atomic E-state index is 13.0. The van der Waals surface area contributed by atoms with E-state index < -0.39 is 0 Å². The largest absolute Gasteiger partial charge is 0.383 e. The van der Waals surface area contributed by atoms with Crippen molar-refractivity contribution in [1.29, 1.82) is 0 Å². The Hall–Kier alpha value is -2.49. The molecule has 2 rings (SSSR count). The molecule has 0 aliphatic heterocycles. The lowest BCUT2D eigenvalue weighted by atomic mass is 10.1. The van der Waals surface area contributed by atoms with E-state index in [2.05, 4.69) is 41.3 Å². The van der Waals surface area contributed by atoms with Gasteiger partial charge in [0.1, 0.15) is 10.7 Å². The lowest BCUT2D eigenvalue weighted by Crippen LogP contribution is -2.37. The summed E-state index contributed by atoms with van der Waals surface area (Å²) in [6.45, 7) is 12.7. The predicted molar refractivity (Wildman–Crippen MR) is 143 cm³/mol. The number of nitrogens with one attached hydrogen (secondary N) is 2. The van der Waals surface area contributed by atoms with Crippen LogP contribution in [0.25, 0.3) is 0 Å². The highest BCUT2D eigenvalue weighted by Crippen LogP contribution is 2.18. The lowest BCUT2D eigenvalue weighted by Gasteiger charge is -2.22. The molecule has 35 heavy (non-hydrogen) atoms. The van der Waals surface area contributed by atoms with Crippen molar-refractivity contribution in [3.8, 4) is 0 Å². The molecule has 1 aromatic carbocycles. The number of hydrogen-bond donors (Lipinski definition) is 2. The number of para-hydroxylation sites is 1. The van der Waals surface area contributed by atoms with Crippen LogP contribution in [-0.2, 0) is 17.7 Å². The molecule has 2 N–H and O–H groups in total. The maximum Gasteiger partial charge on any atom is 0.322 e. The number of aryl methyl sites for hydroxylation is 1. The average molecular weight is 504 g/mol. The van der Waals surface area contributed by atoms with Crippen molar-refractivity contribution in [3.05, 3.63) is 45.9 Å². The fourth-order valence-corrected chi connectivity index (χ4v) is 4.57. The molecule has 1 unspecified atom stereocenters. The highest BCUT2D eigenvalue weighted by Gasteiger charge is 2.19. The Kier molecular flexibility index (Phi) is 12.7. The third-order valence-corrected chi connectivity index (χ3v) is 6.82. The number of rotatable bonds is 15. The number of hydrogen-bond acceptors (Lipinski definition) is 6. The molecule has 194 valence electrons. The van der Waals surface area contributed by atoms with Crippen LogP contribution in [0.2, 0.25) is 0 Å². The summed E-state index contributed by atoms with van der Waals surface area (Å²) in [5, 5.41) is 8.52. The van der Waals surface area contributed by atoms with Crippen LogP contribution >= 0.6 is 11.3 Å². The van der Waals surface area contributed by atoms with Crippen LogP contribution in [0.3, 0.4) is 0 Å². The standard InChI is InChI=1S/C26H41N5O3S/c1-6-21-13-9-10-14-22(21)29-26(33)31(16-17-34-5)18-24-28-23(19-35-24)25(32)27-20(4)12-11-15-30(7-2)8-3/h9-10,13-14,19-20H,6-8,11-12,15-18H2,1-5H3,(H,27,32)(H,29,33). The third-order valence-electron chi connectivity index (χ3n) is 5.99. The molecule has 0 radical (unpaired) electrons. The van der Waals surface area contributed by atoms with Gasteiger partial charge in [-0.15, -0.1) is 11.3 Å². The minimum absolute atomic E-state index is 0.0748. The van der Waals surface area contributed by atoms with Gasteiger partial charge in [-0.2, -0.15) is 0 Å². The number of anilines is 1. The maximum absolute atomic E-state index is 13.0. The van der Waals surface area contributed by atoms with Crippen LogP contribution in [0.4, 0.5) is 10.5 Å². The number of methoxy groups -OCH3 is 1. The van der Waals surface area contributed by atoms with Crippen molar-refractivity contribution in [2.75, 3.05) is 45.2 Å². The number of amides is 3. The Morgan fingerprint density at radius 1 is 1.14 bits per heavy atom. The SMILES string of the molecule is CCc1ccccc1NC(=O)N(CCOC)Cc1nc(C(=O)NC(C)CCCN(CC)CC)cs1.